The molecule has 2 rings (SSSR count). The summed E-state index contributed by atoms with van der Waals surface area (Å²) < 4.78 is 0. The predicted octanol–water partition coefficient (Wildman–Crippen LogP) is 2.59. The number of nitrogens with one attached hydrogen (secondary N) is 1. The molecule has 0 aromatic heterocycles. The Morgan fingerprint density at radius 2 is 2.05 bits per heavy atom. The fourth-order valence-electron chi connectivity index (χ4n) is 2.77. The number of aliphatic hydroxyl groups is 1. The van der Waals surface area contributed by atoms with E-state index in [0.29, 0.717) is 22.8 Å². The van der Waals surface area contributed by atoms with Gasteiger partial charge in [-0.2, -0.15) is 0 Å². The first-order chi connectivity index (χ1) is 9.56. The quantitative estimate of drug-likeness (QED) is 0.748. The molecule has 0 atom stereocenters. The lowest BCUT2D eigenvalue weighted by Crippen LogP contribution is -2.41. The van der Waals surface area contributed by atoms with Crippen LogP contribution in [-0.2, 0) is 0 Å². The van der Waals surface area contributed by atoms with Crippen LogP contribution in [0.15, 0.2) is 18.2 Å². The van der Waals surface area contributed by atoms with E-state index in [-0.39, 0.29) is 17.9 Å². The average Bonchev–Trinajstić information content (AvgIpc) is 2.48. The molecule has 1 aliphatic rings. The van der Waals surface area contributed by atoms with Crippen LogP contribution in [0.2, 0.25) is 5.02 Å². The lowest BCUT2D eigenvalue weighted by Gasteiger charge is -2.35. The Morgan fingerprint density at radius 1 is 1.35 bits per heavy atom. The van der Waals surface area contributed by atoms with E-state index in [1.165, 1.54) is 6.42 Å². The number of benzene rings is 1. The van der Waals surface area contributed by atoms with E-state index >= 15 is 0 Å². The van der Waals surface area contributed by atoms with Crippen molar-refractivity contribution in [2.45, 2.75) is 32.1 Å². The summed E-state index contributed by atoms with van der Waals surface area (Å²) in [7, 11) is 0. The first kappa shape index (κ1) is 15.1. The molecule has 0 aliphatic heterocycles. The van der Waals surface area contributed by atoms with Crippen LogP contribution in [0.1, 0.15) is 42.5 Å². The van der Waals surface area contributed by atoms with E-state index < -0.39 is 0 Å². The largest absolute Gasteiger partial charge is 0.399 e. The summed E-state index contributed by atoms with van der Waals surface area (Å²) >= 11 is 6.02. The highest BCUT2D eigenvalue weighted by Crippen LogP contribution is 2.35. The maximum Gasteiger partial charge on any atom is 0.252 e. The van der Waals surface area contributed by atoms with Gasteiger partial charge in [0.15, 0.2) is 0 Å². The number of aliphatic hydroxyl groups excluding tert-OH is 1. The fourth-order valence-corrected chi connectivity index (χ4v) is 2.98. The van der Waals surface area contributed by atoms with Crippen LogP contribution < -0.4 is 11.1 Å². The number of carbonyl (C=O) groups is 1. The molecule has 0 heterocycles. The zero-order valence-corrected chi connectivity index (χ0v) is 12.2. The summed E-state index contributed by atoms with van der Waals surface area (Å²) in [4.78, 5) is 12.2. The van der Waals surface area contributed by atoms with E-state index in [9.17, 15) is 9.90 Å². The summed E-state index contributed by atoms with van der Waals surface area (Å²) in [6, 6.07) is 4.86. The van der Waals surface area contributed by atoms with Gasteiger partial charge >= 0.3 is 0 Å². The third-order valence-electron chi connectivity index (χ3n) is 4.11. The van der Waals surface area contributed by atoms with Crippen molar-refractivity contribution in [1.82, 2.24) is 5.32 Å². The first-order valence-electron chi connectivity index (χ1n) is 7.00. The molecule has 0 spiro atoms. The fraction of sp³-hybridized carbons (Fsp3) is 0.533. The smallest absolute Gasteiger partial charge is 0.252 e. The molecule has 110 valence electrons. The molecule has 20 heavy (non-hydrogen) atoms. The maximum atomic E-state index is 12.2. The molecule has 1 aromatic rings. The number of halogens is 1. The third kappa shape index (κ3) is 3.44. The second-order valence-electron chi connectivity index (χ2n) is 5.64. The van der Waals surface area contributed by atoms with Gasteiger partial charge < -0.3 is 16.2 Å². The Bertz CT molecular complexity index is 485. The van der Waals surface area contributed by atoms with Gasteiger partial charge in [-0.1, -0.05) is 30.9 Å². The van der Waals surface area contributed by atoms with Crippen molar-refractivity contribution in [3.63, 3.8) is 0 Å². The van der Waals surface area contributed by atoms with E-state index in [0.717, 1.165) is 25.7 Å². The Labute approximate surface area is 124 Å². The molecule has 1 aliphatic carbocycles. The minimum absolute atomic E-state index is 0.109. The van der Waals surface area contributed by atoms with Gasteiger partial charge in [0.25, 0.3) is 5.91 Å². The molecule has 0 saturated heterocycles. The number of anilines is 1. The molecular formula is C15H21ClN2O2. The van der Waals surface area contributed by atoms with Crippen LogP contribution in [0, 0.1) is 5.41 Å². The molecule has 1 fully saturated rings. The van der Waals surface area contributed by atoms with Gasteiger partial charge in [-0.25, -0.2) is 0 Å². The predicted molar refractivity (Wildman–Crippen MR) is 80.8 cm³/mol. The zero-order chi connectivity index (χ0) is 14.6. The normalized spacial score (nSPS) is 17.7. The molecule has 5 heteroatoms. The Kier molecular flexibility index (Phi) is 4.89. The molecular weight excluding hydrogens is 276 g/mol. The Hall–Kier alpha value is -1.26. The Balaban J connectivity index is 2.02. The van der Waals surface area contributed by atoms with Gasteiger partial charge in [0.05, 0.1) is 17.2 Å². The lowest BCUT2D eigenvalue weighted by molar-refractivity contribution is 0.0718. The van der Waals surface area contributed by atoms with Crippen molar-refractivity contribution in [1.29, 1.82) is 0 Å². The van der Waals surface area contributed by atoms with E-state index in [1.54, 1.807) is 18.2 Å². The van der Waals surface area contributed by atoms with Gasteiger partial charge in [0.2, 0.25) is 0 Å². The van der Waals surface area contributed by atoms with E-state index in [4.69, 9.17) is 17.3 Å². The molecule has 1 amide bonds. The standard InChI is InChI=1S/C15H21ClN2O2/c16-13-5-4-11(17)8-12(13)14(20)18-9-15(10-19)6-2-1-3-7-15/h4-5,8,19H,1-3,6-7,9-10,17H2,(H,18,20). The summed E-state index contributed by atoms with van der Waals surface area (Å²) in [6.45, 7) is 0.589. The van der Waals surface area contributed by atoms with Crippen molar-refractivity contribution < 1.29 is 9.90 Å². The second-order valence-corrected chi connectivity index (χ2v) is 6.05. The zero-order valence-electron chi connectivity index (χ0n) is 11.5. The highest BCUT2D eigenvalue weighted by Gasteiger charge is 2.31. The summed E-state index contributed by atoms with van der Waals surface area (Å²) in [5.74, 6) is -0.235. The van der Waals surface area contributed by atoms with Crippen LogP contribution in [0.3, 0.4) is 0 Å². The number of nitrogens with two attached hydrogens (primary N) is 1. The monoisotopic (exact) mass is 296 g/mol. The lowest BCUT2D eigenvalue weighted by atomic mass is 9.74. The number of carbonyl (C=O) groups excluding carboxylic acids is 1. The highest BCUT2D eigenvalue weighted by atomic mass is 35.5. The van der Waals surface area contributed by atoms with Crippen molar-refractivity contribution >= 4 is 23.2 Å². The summed E-state index contributed by atoms with van der Waals surface area (Å²) in [5, 5.41) is 12.9. The molecule has 0 radical (unpaired) electrons. The Morgan fingerprint density at radius 3 is 2.70 bits per heavy atom. The van der Waals surface area contributed by atoms with Crippen molar-refractivity contribution in [3.8, 4) is 0 Å². The van der Waals surface area contributed by atoms with Crippen molar-refractivity contribution in [2.75, 3.05) is 18.9 Å². The summed E-state index contributed by atoms with van der Waals surface area (Å²) in [6.07, 6.45) is 5.32. The van der Waals surface area contributed by atoms with E-state index in [1.807, 2.05) is 0 Å². The molecule has 1 aromatic carbocycles. The number of hydrogen-bond donors (Lipinski definition) is 3. The molecule has 0 unspecified atom stereocenters. The molecule has 4 nitrogen and oxygen atoms in total. The minimum atomic E-state index is -0.235. The topological polar surface area (TPSA) is 75.4 Å². The van der Waals surface area contributed by atoms with Crippen molar-refractivity contribution in [2.24, 2.45) is 5.41 Å². The highest BCUT2D eigenvalue weighted by molar-refractivity contribution is 6.34. The number of amides is 1. The molecule has 0 bridgehead atoms. The van der Waals surface area contributed by atoms with Gasteiger partial charge in [0.1, 0.15) is 0 Å². The number of rotatable bonds is 4. The SMILES string of the molecule is Nc1ccc(Cl)c(C(=O)NCC2(CO)CCCCC2)c1. The van der Waals surface area contributed by atoms with E-state index in [2.05, 4.69) is 5.32 Å². The maximum absolute atomic E-state index is 12.2. The van der Waals surface area contributed by atoms with Crippen LogP contribution in [-0.4, -0.2) is 24.2 Å². The van der Waals surface area contributed by atoms with Crippen LogP contribution in [0.25, 0.3) is 0 Å². The van der Waals surface area contributed by atoms with Crippen LogP contribution in [0.5, 0.6) is 0 Å². The number of nitrogen functional groups attached to an aromatic ring is 1. The average molecular weight is 297 g/mol. The molecule has 4 N–H and O–H groups in total. The number of hydrogen-bond acceptors (Lipinski definition) is 3. The third-order valence-corrected chi connectivity index (χ3v) is 4.44. The summed E-state index contributed by atoms with van der Waals surface area (Å²) in [5.41, 5.74) is 6.39. The second kappa shape index (κ2) is 6.46. The van der Waals surface area contributed by atoms with Crippen LogP contribution in [0.4, 0.5) is 5.69 Å². The van der Waals surface area contributed by atoms with Gasteiger partial charge in [0, 0.05) is 17.6 Å². The van der Waals surface area contributed by atoms with Gasteiger partial charge in [-0.3, -0.25) is 4.79 Å². The molecule has 1 saturated carbocycles. The van der Waals surface area contributed by atoms with Crippen molar-refractivity contribution in [3.05, 3.63) is 28.8 Å². The van der Waals surface area contributed by atoms with Gasteiger partial charge in [-0.05, 0) is 31.0 Å². The van der Waals surface area contributed by atoms with Gasteiger partial charge in [-0.15, -0.1) is 0 Å². The first-order valence-corrected chi connectivity index (χ1v) is 7.38. The minimum Gasteiger partial charge on any atom is -0.399 e. The van der Waals surface area contributed by atoms with Crippen LogP contribution >= 0.6 is 11.6 Å².